The second-order valence-corrected chi connectivity index (χ2v) is 6.44. The van der Waals surface area contributed by atoms with E-state index in [0.29, 0.717) is 37.4 Å². The zero-order valence-corrected chi connectivity index (χ0v) is 14.8. The summed E-state index contributed by atoms with van der Waals surface area (Å²) >= 11 is 0. The number of para-hydroxylation sites is 1. The molecule has 0 aromatic heterocycles. The van der Waals surface area contributed by atoms with Crippen LogP contribution in [-0.2, 0) is 4.79 Å². The van der Waals surface area contributed by atoms with Crippen LogP contribution in [0.4, 0.5) is 14.5 Å². The van der Waals surface area contributed by atoms with Crippen LogP contribution >= 0.6 is 0 Å². The van der Waals surface area contributed by atoms with E-state index in [-0.39, 0.29) is 30.1 Å². The molecule has 4 nitrogen and oxygen atoms in total. The summed E-state index contributed by atoms with van der Waals surface area (Å²) in [7, 11) is 0. The second-order valence-electron chi connectivity index (χ2n) is 6.44. The van der Waals surface area contributed by atoms with Gasteiger partial charge in [-0.3, -0.25) is 4.79 Å². The van der Waals surface area contributed by atoms with Crippen LogP contribution in [0.2, 0.25) is 0 Å². The SMILES string of the molecule is CC(NCC(=O)N1CCN(c2ccccc2F)CC1)c1ccccc1F. The lowest BCUT2D eigenvalue weighted by Crippen LogP contribution is -2.51. The molecule has 1 amide bonds. The van der Waals surface area contributed by atoms with E-state index in [4.69, 9.17) is 0 Å². The van der Waals surface area contributed by atoms with E-state index in [0.717, 1.165) is 0 Å². The molecule has 6 heteroatoms. The molecule has 0 bridgehead atoms. The zero-order chi connectivity index (χ0) is 18.5. The topological polar surface area (TPSA) is 35.6 Å². The van der Waals surface area contributed by atoms with Gasteiger partial charge in [0.25, 0.3) is 0 Å². The van der Waals surface area contributed by atoms with Crippen molar-refractivity contribution in [2.24, 2.45) is 0 Å². The number of amides is 1. The Hall–Kier alpha value is -2.47. The monoisotopic (exact) mass is 359 g/mol. The van der Waals surface area contributed by atoms with Crippen molar-refractivity contribution in [3.8, 4) is 0 Å². The highest BCUT2D eigenvalue weighted by Crippen LogP contribution is 2.20. The van der Waals surface area contributed by atoms with Gasteiger partial charge >= 0.3 is 0 Å². The first-order chi connectivity index (χ1) is 12.6. The molecule has 1 aliphatic rings. The summed E-state index contributed by atoms with van der Waals surface area (Å²) < 4.78 is 27.7. The number of rotatable bonds is 5. The summed E-state index contributed by atoms with van der Waals surface area (Å²) in [5.74, 6) is -0.549. The maximum atomic E-state index is 13.9. The van der Waals surface area contributed by atoms with Gasteiger partial charge < -0.3 is 15.1 Å². The molecule has 1 N–H and O–H groups in total. The molecule has 0 aliphatic carbocycles. The highest BCUT2D eigenvalue weighted by atomic mass is 19.1. The Balaban J connectivity index is 1.50. The van der Waals surface area contributed by atoms with Gasteiger partial charge in [-0.15, -0.1) is 0 Å². The molecule has 1 atom stereocenters. The number of nitrogens with one attached hydrogen (secondary N) is 1. The minimum atomic E-state index is -0.279. The molecule has 1 heterocycles. The number of piperazine rings is 1. The van der Waals surface area contributed by atoms with Crippen LogP contribution in [0.1, 0.15) is 18.5 Å². The van der Waals surface area contributed by atoms with Gasteiger partial charge in [0, 0.05) is 37.8 Å². The molecule has 0 radical (unpaired) electrons. The molecule has 1 fully saturated rings. The Morgan fingerprint density at radius 3 is 2.27 bits per heavy atom. The van der Waals surface area contributed by atoms with E-state index in [2.05, 4.69) is 5.32 Å². The lowest BCUT2D eigenvalue weighted by atomic mass is 10.1. The number of benzene rings is 2. The fraction of sp³-hybridized carbons (Fsp3) is 0.350. The van der Waals surface area contributed by atoms with Crippen LogP contribution < -0.4 is 10.2 Å². The minimum absolute atomic E-state index is 0.0265. The predicted molar refractivity (Wildman–Crippen MR) is 98.0 cm³/mol. The molecule has 138 valence electrons. The number of carbonyl (C=O) groups is 1. The van der Waals surface area contributed by atoms with Gasteiger partial charge in [-0.2, -0.15) is 0 Å². The third-order valence-corrected chi connectivity index (χ3v) is 4.76. The van der Waals surface area contributed by atoms with E-state index in [1.54, 1.807) is 35.2 Å². The van der Waals surface area contributed by atoms with Crippen LogP contribution in [-0.4, -0.2) is 43.5 Å². The van der Waals surface area contributed by atoms with Gasteiger partial charge in [0.15, 0.2) is 0 Å². The highest BCUT2D eigenvalue weighted by molar-refractivity contribution is 5.78. The Morgan fingerprint density at radius 2 is 1.62 bits per heavy atom. The van der Waals surface area contributed by atoms with Gasteiger partial charge in [0.05, 0.1) is 12.2 Å². The Bertz CT molecular complexity index is 760. The molecule has 0 spiro atoms. The van der Waals surface area contributed by atoms with Crippen molar-refractivity contribution in [3.63, 3.8) is 0 Å². The summed E-state index contributed by atoms with van der Waals surface area (Å²) in [6.07, 6.45) is 0. The predicted octanol–water partition coefficient (Wildman–Crippen LogP) is 2.96. The lowest BCUT2D eigenvalue weighted by Gasteiger charge is -2.36. The number of halogens is 2. The molecule has 26 heavy (non-hydrogen) atoms. The molecule has 0 saturated carbocycles. The molecule has 2 aromatic carbocycles. The van der Waals surface area contributed by atoms with Gasteiger partial charge in [-0.05, 0) is 25.1 Å². The van der Waals surface area contributed by atoms with Crippen molar-refractivity contribution in [2.75, 3.05) is 37.6 Å². The summed E-state index contributed by atoms with van der Waals surface area (Å²) in [6.45, 7) is 4.26. The fourth-order valence-electron chi connectivity index (χ4n) is 3.19. The first-order valence-corrected chi connectivity index (χ1v) is 8.81. The van der Waals surface area contributed by atoms with E-state index in [9.17, 15) is 13.6 Å². The molecule has 1 saturated heterocycles. The summed E-state index contributed by atoms with van der Waals surface area (Å²) in [5.41, 5.74) is 1.12. The number of hydrogen-bond donors (Lipinski definition) is 1. The molecule has 1 unspecified atom stereocenters. The van der Waals surface area contributed by atoms with E-state index in [1.807, 2.05) is 17.9 Å². The third-order valence-electron chi connectivity index (χ3n) is 4.76. The normalized spacial score (nSPS) is 15.8. The van der Waals surface area contributed by atoms with Crippen molar-refractivity contribution in [2.45, 2.75) is 13.0 Å². The van der Waals surface area contributed by atoms with Gasteiger partial charge in [-0.25, -0.2) is 8.78 Å². The maximum absolute atomic E-state index is 13.9. The summed E-state index contributed by atoms with van der Waals surface area (Å²) in [4.78, 5) is 16.1. The van der Waals surface area contributed by atoms with E-state index in [1.165, 1.54) is 12.1 Å². The molecule has 3 rings (SSSR count). The average molecular weight is 359 g/mol. The first-order valence-electron chi connectivity index (χ1n) is 8.81. The maximum Gasteiger partial charge on any atom is 0.236 e. The summed E-state index contributed by atoms with van der Waals surface area (Å²) in [5, 5.41) is 3.08. The highest BCUT2D eigenvalue weighted by Gasteiger charge is 2.23. The van der Waals surface area contributed by atoms with Crippen molar-refractivity contribution in [1.82, 2.24) is 10.2 Å². The quantitative estimate of drug-likeness (QED) is 0.892. The van der Waals surface area contributed by atoms with E-state index < -0.39 is 0 Å². The lowest BCUT2D eigenvalue weighted by molar-refractivity contribution is -0.130. The number of nitrogens with zero attached hydrogens (tertiary/aromatic N) is 2. The van der Waals surface area contributed by atoms with Crippen LogP contribution in [0, 0.1) is 11.6 Å². The molecular formula is C20H23F2N3O. The smallest absolute Gasteiger partial charge is 0.236 e. The zero-order valence-electron chi connectivity index (χ0n) is 14.8. The van der Waals surface area contributed by atoms with Crippen LogP contribution in [0.25, 0.3) is 0 Å². The van der Waals surface area contributed by atoms with Crippen molar-refractivity contribution < 1.29 is 13.6 Å². The Morgan fingerprint density at radius 1 is 1.00 bits per heavy atom. The number of hydrogen-bond acceptors (Lipinski definition) is 3. The second kappa shape index (κ2) is 8.27. The number of carbonyl (C=O) groups excluding carboxylic acids is 1. The largest absolute Gasteiger partial charge is 0.366 e. The van der Waals surface area contributed by atoms with Crippen molar-refractivity contribution in [1.29, 1.82) is 0 Å². The van der Waals surface area contributed by atoms with Gasteiger partial charge in [0.1, 0.15) is 11.6 Å². The van der Waals surface area contributed by atoms with Crippen molar-refractivity contribution >= 4 is 11.6 Å². The van der Waals surface area contributed by atoms with Gasteiger partial charge in [-0.1, -0.05) is 30.3 Å². The first kappa shape index (κ1) is 18.3. The standard InChI is InChI=1S/C20H23F2N3O/c1-15(16-6-2-3-7-17(16)21)23-14-20(26)25-12-10-24(11-13-25)19-9-5-4-8-18(19)22/h2-9,15,23H,10-14H2,1H3. The molecule has 1 aliphatic heterocycles. The Kier molecular flexibility index (Phi) is 5.83. The van der Waals surface area contributed by atoms with Gasteiger partial charge in [0.2, 0.25) is 5.91 Å². The average Bonchev–Trinajstić information content (AvgIpc) is 2.67. The minimum Gasteiger partial charge on any atom is -0.366 e. The van der Waals surface area contributed by atoms with Crippen molar-refractivity contribution in [3.05, 3.63) is 65.7 Å². The molecule has 2 aromatic rings. The summed E-state index contributed by atoms with van der Waals surface area (Å²) in [6, 6.07) is 13.0. The van der Waals surface area contributed by atoms with Crippen LogP contribution in [0.3, 0.4) is 0 Å². The fourth-order valence-corrected chi connectivity index (χ4v) is 3.19. The Labute approximate surface area is 152 Å². The van der Waals surface area contributed by atoms with Crippen LogP contribution in [0.15, 0.2) is 48.5 Å². The number of anilines is 1. The van der Waals surface area contributed by atoms with E-state index >= 15 is 0 Å². The van der Waals surface area contributed by atoms with Crippen LogP contribution in [0.5, 0.6) is 0 Å². The third kappa shape index (κ3) is 4.19. The molecular weight excluding hydrogens is 336 g/mol.